The monoisotopic (exact) mass is 1360 g/mol. The van der Waals surface area contributed by atoms with E-state index < -0.39 is 192 Å². The van der Waals surface area contributed by atoms with Gasteiger partial charge in [0.15, 0.2) is 5.96 Å². The summed E-state index contributed by atoms with van der Waals surface area (Å²) in [7, 11) is 0. The molecule has 0 aromatic heterocycles. The van der Waals surface area contributed by atoms with E-state index in [9.17, 15) is 63.6 Å². The summed E-state index contributed by atoms with van der Waals surface area (Å²) in [6.45, 7) is 23.3. The Labute approximate surface area is 562 Å². The minimum atomic E-state index is -2.10. The number of aliphatic imine (C=N–C) groups is 1. The number of nitrogens with zero attached hydrogens (tertiary/aromatic N) is 1. The molecule has 1 heterocycles. The average molecular weight is 1360 g/mol. The molecule has 20 N–H and O–H groups in total. The van der Waals surface area contributed by atoms with Gasteiger partial charge in [-0.05, 0) is 100 Å². The number of ether oxygens (including phenoxy) is 1. The molecule has 12 amide bonds. The lowest BCUT2D eigenvalue weighted by Gasteiger charge is -2.35. The lowest BCUT2D eigenvalue weighted by atomic mass is 9.86. The van der Waals surface area contributed by atoms with Crippen molar-refractivity contribution < 1.29 is 82.7 Å². The average Bonchev–Trinajstić information content (AvgIpc) is 0.820. The van der Waals surface area contributed by atoms with Crippen molar-refractivity contribution in [2.45, 2.75) is 234 Å². The van der Waals surface area contributed by atoms with Gasteiger partial charge in [-0.1, -0.05) is 113 Å². The summed E-state index contributed by atoms with van der Waals surface area (Å²) in [5.41, 5.74) is 8.83. The van der Waals surface area contributed by atoms with Crippen LogP contribution in [0.25, 0.3) is 0 Å². The highest BCUT2D eigenvalue weighted by atomic mass is 16.6. The summed E-state index contributed by atoms with van der Waals surface area (Å²) >= 11 is 0. The Bertz CT molecular complexity index is 2830. The maximum absolute atomic E-state index is 15.6. The van der Waals surface area contributed by atoms with Gasteiger partial charge < -0.3 is 100 Å². The number of hydrogen-bond acceptors (Lipinski definition) is 18. The third-order valence-electron chi connectivity index (χ3n) is 14.6. The Hall–Kier alpha value is -8.23. The van der Waals surface area contributed by atoms with Gasteiger partial charge in [0.05, 0.1) is 38.0 Å². The van der Waals surface area contributed by atoms with E-state index >= 15 is 14.4 Å². The molecule has 1 aliphatic rings. The minimum Gasteiger partial charge on any atom is -0.444 e. The second kappa shape index (κ2) is 38.5. The SMILES string of the molecule is CC(C)C[C@@H]1NC(=O)[C@H]([C@H](O)C(C)C)NC(=O)[C@@H](NC(=O)[C@H](CC(C)(C)C)NC(=O)[C@@H](CC(C)(C)C)NC(=O)OC(C)(C)C)[C@@H](c2ccccc2)NC(=O)C(CO)NC(=O)[C@H](CO)NC(=O)CNC(=O)[C@H]([C@H](C)O)NC(=O)[C@H](CC(C)C)NC(=O)[C@@H](CCCN=C(N)N)NC1=O. The Morgan fingerprint density at radius 1 is 0.573 bits per heavy atom. The lowest BCUT2D eigenvalue weighted by Crippen LogP contribution is -2.65. The fourth-order valence-electron chi connectivity index (χ4n) is 9.95. The standard InChI is InChI=1S/C64H109N15O17/c1-32(2)25-38-51(86)70-37(23-20-24-67-60(65)66)50(85)71-39(26-33(3)4)52(87)76-45(35(7)82)57(92)68-29-44(83)69-42(30-80)55(90)74-43(31-81)56(91)77-46(36-21-18-17-19-22-36)47(58(93)79-48(59(94)72-38)49(84)34(5)6)78-54(89)40(27-62(8,9)10)73-53(88)41(28-63(11,12)13)75-61(95)96-64(14,15)16/h17-19,21-22,32-35,37-43,45-49,80-82,84H,20,23-31H2,1-16H3,(H,68,92)(H,69,83)(H,70,86)(H,71,85)(H,72,94)(H,73,88)(H,74,90)(H,75,95)(H,76,87)(H,77,91)(H,78,89)(H,79,93)(H4,65,66,67)/t35-,37+,38-,39-,40-,41+,42-,43?,45-,46+,47-,48-,49+/m0/s1. The first-order chi connectivity index (χ1) is 44.4. The van der Waals surface area contributed by atoms with Gasteiger partial charge >= 0.3 is 6.09 Å². The number of alkyl carbamates (subject to hydrolysis) is 1. The molecule has 1 aromatic carbocycles. The van der Waals surface area contributed by atoms with Gasteiger partial charge in [-0.2, -0.15) is 0 Å². The molecule has 0 aliphatic carbocycles. The summed E-state index contributed by atoms with van der Waals surface area (Å²) < 4.78 is 5.48. The number of amides is 12. The van der Waals surface area contributed by atoms with Crippen molar-refractivity contribution >= 4 is 77.0 Å². The number of nitrogens with two attached hydrogens (primary N) is 2. The van der Waals surface area contributed by atoms with Crippen LogP contribution in [0.3, 0.4) is 0 Å². The van der Waals surface area contributed by atoms with Crippen molar-refractivity contribution in [1.29, 1.82) is 0 Å². The summed E-state index contributed by atoms with van der Waals surface area (Å²) in [4.78, 5) is 177. The highest BCUT2D eigenvalue weighted by molar-refractivity contribution is 6.00. The van der Waals surface area contributed by atoms with Crippen LogP contribution in [0, 0.1) is 28.6 Å². The number of hydrogen-bond donors (Lipinski definition) is 18. The maximum Gasteiger partial charge on any atom is 0.408 e. The quantitative estimate of drug-likeness (QED) is 0.0347. The molecule has 0 radical (unpaired) electrons. The van der Waals surface area contributed by atoms with Crippen LogP contribution in [0.4, 0.5) is 4.79 Å². The molecule has 1 aliphatic heterocycles. The van der Waals surface area contributed by atoms with Crippen LogP contribution < -0.4 is 75.3 Å². The predicted octanol–water partition coefficient (Wildman–Crippen LogP) is -2.37. The molecule has 13 atom stereocenters. The highest BCUT2D eigenvalue weighted by Gasteiger charge is 2.43. The first-order valence-corrected chi connectivity index (χ1v) is 32.3. The van der Waals surface area contributed by atoms with E-state index in [4.69, 9.17) is 16.2 Å². The Morgan fingerprint density at radius 3 is 1.52 bits per heavy atom. The predicted molar refractivity (Wildman–Crippen MR) is 355 cm³/mol. The van der Waals surface area contributed by atoms with E-state index in [1.165, 1.54) is 38.1 Å². The van der Waals surface area contributed by atoms with E-state index in [0.717, 1.165) is 6.92 Å². The van der Waals surface area contributed by atoms with Crippen LogP contribution in [0.15, 0.2) is 35.3 Å². The summed E-state index contributed by atoms with van der Waals surface area (Å²) in [5, 5.41) is 73.8. The third kappa shape index (κ3) is 30.2. The number of guanidine groups is 1. The molecule has 32 nitrogen and oxygen atoms in total. The molecule has 0 bridgehead atoms. The molecule has 0 spiro atoms. The van der Waals surface area contributed by atoms with E-state index in [0.29, 0.717) is 0 Å². The molecular weight excluding hydrogens is 1250 g/mol. The number of benzene rings is 1. The van der Waals surface area contributed by atoms with Crippen LogP contribution >= 0.6 is 0 Å². The minimum absolute atomic E-state index is 0.0311. The molecule has 96 heavy (non-hydrogen) atoms. The normalized spacial score (nSPS) is 23.7. The fraction of sp³-hybridized carbons (Fsp3) is 0.703. The molecule has 0 saturated carbocycles. The zero-order chi connectivity index (χ0) is 73.3. The van der Waals surface area contributed by atoms with Crippen LogP contribution in [0.5, 0.6) is 0 Å². The van der Waals surface area contributed by atoms with Gasteiger partial charge in [-0.15, -0.1) is 0 Å². The van der Waals surface area contributed by atoms with Gasteiger partial charge in [0.1, 0.15) is 66.0 Å². The summed E-state index contributed by atoms with van der Waals surface area (Å²) in [5.74, 6) is -13.8. The number of aliphatic hydroxyl groups is 4. The van der Waals surface area contributed by atoms with Gasteiger partial charge in [-0.3, -0.25) is 57.7 Å². The second-order valence-corrected chi connectivity index (χ2v) is 28.8. The lowest BCUT2D eigenvalue weighted by molar-refractivity contribution is -0.139. The molecule has 2 rings (SSSR count). The van der Waals surface area contributed by atoms with E-state index in [-0.39, 0.29) is 68.4 Å². The van der Waals surface area contributed by atoms with Crippen LogP contribution in [0.2, 0.25) is 0 Å². The Kier molecular flexibility index (Phi) is 33.6. The van der Waals surface area contributed by atoms with Crippen molar-refractivity contribution in [3.8, 4) is 0 Å². The number of nitrogens with one attached hydrogen (secondary N) is 12. The van der Waals surface area contributed by atoms with Crippen LogP contribution in [-0.4, -0.2) is 202 Å². The largest absolute Gasteiger partial charge is 0.444 e. The topological polar surface area (TPSA) is 504 Å². The fourth-order valence-corrected chi connectivity index (χ4v) is 9.95. The molecule has 32 heteroatoms. The van der Waals surface area contributed by atoms with Gasteiger partial charge in [0, 0.05) is 6.54 Å². The smallest absolute Gasteiger partial charge is 0.408 e. The van der Waals surface area contributed by atoms with Crippen LogP contribution in [-0.2, 0) is 57.5 Å². The molecular formula is C64H109N15O17. The first-order valence-electron chi connectivity index (χ1n) is 32.3. The second-order valence-electron chi connectivity index (χ2n) is 28.8. The van der Waals surface area contributed by atoms with Crippen molar-refractivity contribution in [3.05, 3.63) is 35.9 Å². The van der Waals surface area contributed by atoms with Crippen molar-refractivity contribution in [2.75, 3.05) is 26.3 Å². The Morgan fingerprint density at radius 2 is 1.03 bits per heavy atom. The maximum atomic E-state index is 15.6. The van der Waals surface area contributed by atoms with Gasteiger partial charge in [-0.25, -0.2) is 4.79 Å². The molecule has 1 unspecified atom stereocenters. The highest BCUT2D eigenvalue weighted by Crippen LogP contribution is 2.26. The number of carbonyl (C=O) groups is 12. The molecule has 542 valence electrons. The molecule has 1 aromatic rings. The number of rotatable bonds is 21. The summed E-state index contributed by atoms with van der Waals surface area (Å²) in [6.07, 6.45) is -4.79. The number of aliphatic hydroxyl groups excluding tert-OH is 4. The summed E-state index contributed by atoms with van der Waals surface area (Å²) in [6, 6.07) is -11.5. The van der Waals surface area contributed by atoms with E-state index in [1.54, 1.807) is 75.3 Å². The van der Waals surface area contributed by atoms with E-state index in [2.05, 4.69) is 68.8 Å². The van der Waals surface area contributed by atoms with Crippen molar-refractivity contribution in [2.24, 2.45) is 45.0 Å². The van der Waals surface area contributed by atoms with E-state index in [1.807, 2.05) is 20.8 Å². The Balaban J connectivity index is 3.14. The van der Waals surface area contributed by atoms with Crippen molar-refractivity contribution in [1.82, 2.24) is 63.8 Å². The zero-order valence-corrected chi connectivity index (χ0v) is 58.4. The first kappa shape index (κ1) is 83.9. The van der Waals surface area contributed by atoms with Gasteiger partial charge in [0.25, 0.3) is 0 Å². The van der Waals surface area contributed by atoms with Crippen molar-refractivity contribution in [3.63, 3.8) is 0 Å². The zero-order valence-electron chi connectivity index (χ0n) is 58.4. The van der Waals surface area contributed by atoms with Crippen LogP contribution in [0.1, 0.15) is 161 Å². The van der Waals surface area contributed by atoms with Gasteiger partial charge in [0.2, 0.25) is 65.0 Å². The molecule has 1 saturated heterocycles. The molecule has 1 fully saturated rings. The third-order valence-corrected chi connectivity index (χ3v) is 14.6. The number of carbonyl (C=O) groups excluding carboxylic acids is 12.